The Hall–Kier alpha value is -2.59. The van der Waals surface area contributed by atoms with Crippen molar-refractivity contribution in [3.05, 3.63) is 65.3 Å². The van der Waals surface area contributed by atoms with E-state index in [1.165, 1.54) is 0 Å². The Balaban J connectivity index is 1.74. The molecule has 0 unspecified atom stereocenters. The van der Waals surface area contributed by atoms with Crippen LogP contribution in [0.15, 0.2) is 54.7 Å². The summed E-state index contributed by atoms with van der Waals surface area (Å²) in [5, 5.41) is 4.23. The fourth-order valence-electron chi connectivity index (χ4n) is 2.31. The van der Waals surface area contributed by atoms with Crippen LogP contribution >= 0.6 is 11.6 Å². The number of fused-ring (bicyclic) bond motifs is 1. The van der Waals surface area contributed by atoms with E-state index in [4.69, 9.17) is 16.3 Å². The van der Waals surface area contributed by atoms with Gasteiger partial charge in [0.25, 0.3) is 5.91 Å². The number of halogens is 1. The van der Waals surface area contributed by atoms with Crippen LogP contribution in [0.1, 0.15) is 5.56 Å². The minimum absolute atomic E-state index is 0.112. The summed E-state index contributed by atoms with van der Waals surface area (Å²) in [7, 11) is 0. The normalized spacial score (nSPS) is 10.5. The number of aromatic nitrogens is 1. The van der Waals surface area contributed by atoms with E-state index in [1.807, 2.05) is 31.2 Å². The summed E-state index contributed by atoms with van der Waals surface area (Å²) in [5.41, 5.74) is 2.65. The number of aryl methyl sites for hydroxylation is 1. The van der Waals surface area contributed by atoms with Gasteiger partial charge in [0.2, 0.25) is 0 Å². The second kappa shape index (κ2) is 6.67. The summed E-state index contributed by atoms with van der Waals surface area (Å²) in [6.45, 7) is 1.88. The third kappa shape index (κ3) is 3.43. The Morgan fingerprint density at radius 3 is 2.83 bits per heavy atom. The molecule has 1 amide bonds. The highest BCUT2D eigenvalue weighted by atomic mass is 35.5. The van der Waals surface area contributed by atoms with Gasteiger partial charge in [0.1, 0.15) is 5.75 Å². The fourth-order valence-corrected chi connectivity index (χ4v) is 2.50. The predicted molar refractivity (Wildman–Crippen MR) is 92.1 cm³/mol. The van der Waals surface area contributed by atoms with Crippen LogP contribution in [0.4, 0.5) is 5.69 Å². The lowest BCUT2D eigenvalue weighted by Crippen LogP contribution is -2.20. The molecule has 0 bridgehead atoms. The molecular formula is C18H15ClN2O2. The van der Waals surface area contributed by atoms with Crippen molar-refractivity contribution in [2.45, 2.75) is 6.92 Å². The largest absolute Gasteiger partial charge is 0.482 e. The molecule has 0 saturated heterocycles. The van der Waals surface area contributed by atoms with Crippen molar-refractivity contribution in [2.75, 3.05) is 11.9 Å². The van der Waals surface area contributed by atoms with Crippen LogP contribution in [0, 0.1) is 6.92 Å². The average Bonchev–Trinajstić information content (AvgIpc) is 2.57. The summed E-state index contributed by atoms with van der Waals surface area (Å²) >= 11 is 6.00. The first kappa shape index (κ1) is 15.3. The van der Waals surface area contributed by atoms with Gasteiger partial charge >= 0.3 is 0 Å². The Labute approximate surface area is 139 Å². The number of anilines is 1. The molecule has 116 valence electrons. The molecule has 0 spiro atoms. The quantitative estimate of drug-likeness (QED) is 0.781. The smallest absolute Gasteiger partial charge is 0.262 e. The number of rotatable bonds is 4. The van der Waals surface area contributed by atoms with Gasteiger partial charge in [-0.3, -0.25) is 9.78 Å². The Bertz CT molecular complexity index is 865. The van der Waals surface area contributed by atoms with Gasteiger partial charge in [-0.2, -0.15) is 0 Å². The summed E-state index contributed by atoms with van der Waals surface area (Å²) in [4.78, 5) is 16.5. The van der Waals surface area contributed by atoms with Gasteiger partial charge in [0.15, 0.2) is 6.61 Å². The number of hydrogen-bond acceptors (Lipinski definition) is 3. The molecule has 0 aliphatic heterocycles. The van der Waals surface area contributed by atoms with Crippen LogP contribution in [0.25, 0.3) is 10.9 Å². The van der Waals surface area contributed by atoms with Crippen LogP contribution in [0.2, 0.25) is 5.02 Å². The van der Waals surface area contributed by atoms with Gasteiger partial charge in [0, 0.05) is 11.6 Å². The summed E-state index contributed by atoms with van der Waals surface area (Å²) in [6.07, 6.45) is 1.74. The maximum atomic E-state index is 12.1. The van der Waals surface area contributed by atoms with E-state index < -0.39 is 0 Å². The highest BCUT2D eigenvalue weighted by Gasteiger charge is 2.09. The zero-order chi connectivity index (χ0) is 16.2. The first-order valence-electron chi connectivity index (χ1n) is 7.16. The van der Waals surface area contributed by atoms with Gasteiger partial charge < -0.3 is 10.1 Å². The van der Waals surface area contributed by atoms with Crippen LogP contribution < -0.4 is 10.1 Å². The average molecular weight is 327 g/mol. The van der Waals surface area contributed by atoms with Crippen molar-refractivity contribution in [1.29, 1.82) is 0 Å². The molecule has 3 aromatic rings. The van der Waals surface area contributed by atoms with Crippen molar-refractivity contribution >= 4 is 34.1 Å². The lowest BCUT2D eigenvalue weighted by molar-refractivity contribution is -0.118. The standard InChI is InChI=1S/C18H15ClN2O2/c1-12-8-9-15(13-5-4-10-20-18(12)13)21-17(22)11-23-16-7-3-2-6-14(16)19/h2-10H,11H2,1H3,(H,21,22). The van der Waals surface area contributed by atoms with Crippen LogP contribution in [0.5, 0.6) is 5.75 Å². The van der Waals surface area contributed by atoms with Crippen molar-refractivity contribution in [1.82, 2.24) is 4.98 Å². The molecule has 0 aliphatic rings. The Morgan fingerprint density at radius 1 is 1.17 bits per heavy atom. The second-order valence-corrected chi connectivity index (χ2v) is 5.50. The van der Waals surface area contributed by atoms with E-state index in [-0.39, 0.29) is 12.5 Å². The molecule has 0 atom stereocenters. The van der Waals surface area contributed by atoms with E-state index in [0.717, 1.165) is 16.5 Å². The van der Waals surface area contributed by atoms with E-state index in [0.29, 0.717) is 16.5 Å². The molecule has 0 saturated carbocycles. The second-order valence-electron chi connectivity index (χ2n) is 5.10. The number of hydrogen-bond donors (Lipinski definition) is 1. The molecule has 4 nitrogen and oxygen atoms in total. The third-order valence-corrected chi connectivity index (χ3v) is 3.75. The summed E-state index contributed by atoms with van der Waals surface area (Å²) in [5.74, 6) is 0.235. The number of amides is 1. The van der Waals surface area contributed by atoms with Crippen LogP contribution in [0.3, 0.4) is 0 Å². The number of nitrogens with zero attached hydrogens (tertiary/aromatic N) is 1. The number of carbonyl (C=O) groups is 1. The van der Waals surface area contributed by atoms with E-state index >= 15 is 0 Å². The molecule has 1 aromatic heterocycles. The molecule has 3 rings (SSSR count). The summed E-state index contributed by atoms with van der Waals surface area (Å²) in [6, 6.07) is 14.6. The van der Waals surface area contributed by atoms with Crippen LogP contribution in [-0.2, 0) is 4.79 Å². The molecule has 23 heavy (non-hydrogen) atoms. The number of pyridine rings is 1. The zero-order valence-corrected chi connectivity index (χ0v) is 13.3. The van der Waals surface area contributed by atoms with Gasteiger partial charge in [-0.25, -0.2) is 0 Å². The van der Waals surface area contributed by atoms with Gasteiger partial charge in [-0.1, -0.05) is 29.8 Å². The van der Waals surface area contributed by atoms with Gasteiger partial charge in [-0.05, 0) is 42.8 Å². The zero-order valence-electron chi connectivity index (χ0n) is 12.5. The van der Waals surface area contributed by atoms with E-state index in [1.54, 1.807) is 30.5 Å². The third-order valence-electron chi connectivity index (χ3n) is 3.44. The maximum absolute atomic E-state index is 12.1. The molecule has 1 heterocycles. The monoisotopic (exact) mass is 326 g/mol. The lowest BCUT2D eigenvalue weighted by Gasteiger charge is -2.11. The fraction of sp³-hybridized carbons (Fsp3) is 0.111. The predicted octanol–water partition coefficient (Wildman–Crippen LogP) is 4.21. The molecule has 2 aromatic carbocycles. The van der Waals surface area contributed by atoms with Crippen molar-refractivity contribution in [3.8, 4) is 5.75 Å². The maximum Gasteiger partial charge on any atom is 0.262 e. The van der Waals surface area contributed by atoms with E-state index in [9.17, 15) is 4.79 Å². The molecule has 1 N–H and O–H groups in total. The van der Waals surface area contributed by atoms with Crippen molar-refractivity contribution in [2.24, 2.45) is 0 Å². The number of para-hydroxylation sites is 1. The van der Waals surface area contributed by atoms with Crippen molar-refractivity contribution < 1.29 is 9.53 Å². The van der Waals surface area contributed by atoms with E-state index in [2.05, 4.69) is 10.3 Å². The van der Waals surface area contributed by atoms with Gasteiger partial charge in [0.05, 0.1) is 16.2 Å². The summed E-state index contributed by atoms with van der Waals surface area (Å²) < 4.78 is 5.45. The SMILES string of the molecule is Cc1ccc(NC(=O)COc2ccccc2Cl)c2cccnc12. The number of nitrogens with one attached hydrogen (secondary N) is 1. The molecule has 0 radical (unpaired) electrons. The number of ether oxygens (including phenoxy) is 1. The molecular weight excluding hydrogens is 312 g/mol. The van der Waals surface area contributed by atoms with Gasteiger partial charge in [-0.15, -0.1) is 0 Å². The minimum atomic E-state index is -0.251. The van der Waals surface area contributed by atoms with Crippen LogP contribution in [-0.4, -0.2) is 17.5 Å². The Kier molecular flexibility index (Phi) is 4.44. The first-order chi connectivity index (χ1) is 11.1. The molecule has 0 fully saturated rings. The van der Waals surface area contributed by atoms with Crippen molar-refractivity contribution in [3.63, 3.8) is 0 Å². The first-order valence-corrected chi connectivity index (χ1v) is 7.54. The molecule has 0 aliphatic carbocycles. The molecule has 5 heteroatoms. The highest BCUT2D eigenvalue weighted by molar-refractivity contribution is 6.32. The minimum Gasteiger partial charge on any atom is -0.482 e. The number of carbonyl (C=O) groups excluding carboxylic acids is 1. The highest BCUT2D eigenvalue weighted by Crippen LogP contribution is 2.25. The topological polar surface area (TPSA) is 51.2 Å². The Morgan fingerprint density at radius 2 is 2.00 bits per heavy atom. The number of benzene rings is 2. The lowest BCUT2D eigenvalue weighted by atomic mass is 10.1.